The van der Waals surface area contributed by atoms with Gasteiger partial charge < -0.3 is 14.4 Å². The molecule has 1 unspecified atom stereocenters. The van der Waals surface area contributed by atoms with Crippen molar-refractivity contribution in [3.63, 3.8) is 0 Å². The van der Waals surface area contributed by atoms with Gasteiger partial charge in [0.15, 0.2) is 0 Å². The summed E-state index contributed by atoms with van der Waals surface area (Å²) < 4.78 is 13.0. The molecule has 7 rings (SSSR count). The minimum atomic E-state index is -0.293. The monoisotopic (exact) mass is 531 g/mol. The second-order valence-electron chi connectivity index (χ2n) is 10.4. The van der Waals surface area contributed by atoms with E-state index < -0.39 is 0 Å². The van der Waals surface area contributed by atoms with Crippen molar-refractivity contribution in [3.8, 4) is 28.4 Å². The third kappa shape index (κ3) is 3.97. The maximum atomic E-state index is 6.69. The minimum absolute atomic E-state index is 0.293. The lowest BCUT2D eigenvalue weighted by atomic mass is 9.86. The fourth-order valence-corrected chi connectivity index (χ4v) is 6.03. The van der Waals surface area contributed by atoms with E-state index in [-0.39, 0.29) is 6.10 Å². The summed E-state index contributed by atoms with van der Waals surface area (Å²) in [6.45, 7) is 17.5. The van der Waals surface area contributed by atoms with E-state index in [1.807, 2.05) is 66.7 Å². The van der Waals surface area contributed by atoms with Crippen LogP contribution >= 0.6 is 0 Å². The molecular formula is C38H29NO2. The molecular weight excluding hydrogens is 502 g/mol. The molecule has 198 valence electrons. The Hall–Kier alpha value is -5.28. The highest BCUT2D eigenvalue weighted by molar-refractivity contribution is 6.11. The molecule has 0 radical (unpaired) electrons. The third-order valence-corrected chi connectivity index (χ3v) is 7.96. The number of hydrogen-bond acceptors (Lipinski definition) is 3. The second-order valence-corrected chi connectivity index (χ2v) is 10.4. The van der Waals surface area contributed by atoms with Crippen LogP contribution in [0.4, 0.5) is 5.69 Å². The second kappa shape index (κ2) is 9.72. The molecule has 2 aliphatic rings. The predicted octanol–water partition coefficient (Wildman–Crippen LogP) is 8.20. The largest absolute Gasteiger partial charge is 0.485 e. The Morgan fingerprint density at radius 2 is 1.39 bits per heavy atom. The summed E-state index contributed by atoms with van der Waals surface area (Å²) in [5.41, 5.74) is 7.01. The number of rotatable bonds is 6. The first-order chi connectivity index (χ1) is 20.0. The molecule has 3 nitrogen and oxygen atoms in total. The van der Waals surface area contributed by atoms with Gasteiger partial charge in [0.1, 0.15) is 23.4 Å². The maximum Gasteiger partial charge on any atom is 0.136 e. The highest BCUT2D eigenvalue weighted by Gasteiger charge is 2.31. The van der Waals surface area contributed by atoms with E-state index in [0.29, 0.717) is 6.42 Å². The number of fused-ring (bicyclic) bond motifs is 2. The quantitative estimate of drug-likeness (QED) is 0.216. The lowest BCUT2D eigenvalue weighted by Gasteiger charge is -2.34. The molecule has 1 atom stereocenters. The minimum Gasteiger partial charge on any atom is -0.485 e. The first kappa shape index (κ1) is 24.7. The van der Waals surface area contributed by atoms with Gasteiger partial charge >= 0.3 is 0 Å². The number of para-hydroxylation sites is 2. The van der Waals surface area contributed by atoms with E-state index >= 15 is 0 Å². The first-order valence-corrected chi connectivity index (χ1v) is 13.7. The molecule has 0 amide bonds. The predicted molar refractivity (Wildman–Crippen MR) is 170 cm³/mol. The zero-order chi connectivity index (χ0) is 28.1. The SMILES string of the molecule is C=C/C(=c1/ccccc1=C)N(C(=C)CC1Oc2ccc3c4c(ccc(c24)C1=C)Oc1ccccc1-3)c1ccccc1. The lowest BCUT2D eigenvalue weighted by molar-refractivity contribution is 0.257. The van der Waals surface area contributed by atoms with Crippen molar-refractivity contribution in [2.24, 2.45) is 0 Å². The smallest absolute Gasteiger partial charge is 0.136 e. The van der Waals surface area contributed by atoms with Crippen LogP contribution in [0.2, 0.25) is 0 Å². The Kier molecular flexibility index (Phi) is 5.87. The molecule has 5 aromatic carbocycles. The van der Waals surface area contributed by atoms with Crippen LogP contribution in [0.25, 0.3) is 39.7 Å². The zero-order valence-corrected chi connectivity index (χ0v) is 22.8. The van der Waals surface area contributed by atoms with Gasteiger partial charge in [-0.05, 0) is 64.4 Å². The normalized spacial score (nSPS) is 15.3. The van der Waals surface area contributed by atoms with Crippen LogP contribution in [-0.2, 0) is 0 Å². The van der Waals surface area contributed by atoms with Crippen molar-refractivity contribution < 1.29 is 9.47 Å². The van der Waals surface area contributed by atoms with Crippen LogP contribution in [0, 0.1) is 0 Å². The molecule has 41 heavy (non-hydrogen) atoms. The van der Waals surface area contributed by atoms with Crippen molar-refractivity contribution in [1.29, 1.82) is 0 Å². The highest BCUT2D eigenvalue weighted by Crippen LogP contribution is 2.52. The van der Waals surface area contributed by atoms with Crippen molar-refractivity contribution in [1.82, 2.24) is 0 Å². The molecule has 0 fully saturated rings. The summed E-state index contributed by atoms with van der Waals surface area (Å²) in [5, 5.41) is 4.04. The average molecular weight is 532 g/mol. The molecule has 0 saturated heterocycles. The molecule has 2 aliphatic heterocycles. The van der Waals surface area contributed by atoms with Crippen molar-refractivity contribution in [2.45, 2.75) is 12.5 Å². The summed E-state index contributed by atoms with van der Waals surface area (Å²) >= 11 is 0. The first-order valence-electron chi connectivity index (χ1n) is 13.7. The lowest BCUT2D eigenvalue weighted by Crippen LogP contribution is -2.34. The molecule has 0 aromatic heterocycles. The van der Waals surface area contributed by atoms with Gasteiger partial charge in [0.2, 0.25) is 0 Å². The number of benzene rings is 5. The molecule has 2 heterocycles. The number of anilines is 1. The van der Waals surface area contributed by atoms with Crippen LogP contribution in [-0.4, -0.2) is 6.10 Å². The fraction of sp³-hybridized carbons (Fsp3) is 0.0526. The number of nitrogens with zero attached hydrogens (tertiary/aromatic N) is 1. The maximum absolute atomic E-state index is 6.69. The molecule has 0 aliphatic carbocycles. The van der Waals surface area contributed by atoms with E-state index in [1.165, 1.54) is 0 Å². The summed E-state index contributed by atoms with van der Waals surface area (Å²) in [4.78, 5) is 2.15. The molecule has 3 heteroatoms. The van der Waals surface area contributed by atoms with Crippen molar-refractivity contribution in [2.75, 3.05) is 4.90 Å². The zero-order valence-electron chi connectivity index (χ0n) is 22.8. The van der Waals surface area contributed by atoms with Crippen molar-refractivity contribution >= 4 is 34.3 Å². The van der Waals surface area contributed by atoms with Gasteiger partial charge in [-0.25, -0.2) is 0 Å². The standard InChI is InChI=1S/C38H29NO2/c1-5-32(28-16-10-9-13-24(28)2)39(27-14-7-6-8-15-27)25(3)23-36-26(4)29-19-21-35-38-31(20-22-34(41-36)37(29)38)30-17-11-12-18-33(30)40-35/h5-22,36H,1-4,23H2/b32-28+. The topological polar surface area (TPSA) is 21.7 Å². The molecule has 0 spiro atoms. The summed E-state index contributed by atoms with van der Waals surface area (Å²) in [7, 11) is 0. The van der Waals surface area contributed by atoms with Gasteiger partial charge in [-0.1, -0.05) is 93.0 Å². The van der Waals surface area contributed by atoms with Gasteiger partial charge in [0.25, 0.3) is 0 Å². The Labute approximate surface area is 239 Å². The summed E-state index contributed by atoms with van der Waals surface area (Å²) in [6, 6.07) is 34.8. The molecule has 5 aromatic rings. The van der Waals surface area contributed by atoms with E-state index in [1.54, 1.807) is 0 Å². The van der Waals surface area contributed by atoms with E-state index in [9.17, 15) is 0 Å². The van der Waals surface area contributed by atoms with Gasteiger partial charge in [-0.2, -0.15) is 0 Å². The van der Waals surface area contributed by atoms with Crippen LogP contribution in [0.5, 0.6) is 17.2 Å². The Bertz CT molecular complexity index is 2000. The van der Waals surface area contributed by atoms with Crippen LogP contribution in [0.1, 0.15) is 12.0 Å². The van der Waals surface area contributed by atoms with Crippen molar-refractivity contribution in [3.05, 3.63) is 151 Å². The fourth-order valence-electron chi connectivity index (χ4n) is 6.03. The third-order valence-electron chi connectivity index (χ3n) is 7.96. The Morgan fingerprint density at radius 1 is 0.707 bits per heavy atom. The van der Waals surface area contributed by atoms with Gasteiger partial charge in [-0.15, -0.1) is 0 Å². The molecule has 0 N–H and O–H groups in total. The number of ether oxygens (including phenoxy) is 2. The summed E-state index contributed by atoms with van der Waals surface area (Å²) in [5.74, 6) is 2.54. The van der Waals surface area contributed by atoms with Crippen LogP contribution < -0.4 is 24.8 Å². The van der Waals surface area contributed by atoms with Gasteiger partial charge in [0, 0.05) is 39.4 Å². The average Bonchev–Trinajstić information content (AvgIpc) is 3.00. The van der Waals surface area contributed by atoms with Crippen LogP contribution in [0.3, 0.4) is 0 Å². The Balaban J connectivity index is 1.29. The van der Waals surface area contributed by atoms with E-state index in [2.05, 4.69) is 73.7 Å². The number of hydrogen-bond donors (Lipinski definition) is 0. The molecule has 0 bridgehead atoms. The van der Waals surface area contributed by atoms with E-state index in [0.717, 1.165) is 77.8 Å². The highest BCUT2D eigenvalue weighted by atomic mass is 16.5. The van der Waals surface area contributed by atoms with Gasteiger partial charge in [0.05, 0.1) is 5.70 Å². The molecule has 0 saturated carbocycles. The van der Waals surface area contributed by atoms with Crippen LogP contribution in [0.15, 0.2) is 135 Å². The van der Waals surface area contributed by atoms with Gasteiger partial charge in [-0.3, -0.25) is 0 Å². The van der Waals surface area contributed by atoms with E-state index in [4.69, 9.17) is 9.47 Å². The summed E-state index contributed by atoms with van der Waals surface area (Å²) in [6.07, 6.45) is 2.11. The Morgan fingerprint density at radius 3 is 2.20 bits per heavy atom.